The van der Waals surface area contributed by atoms with Gasteiger partial charge in [0.05, 0.1) is 18.1 Å². The van der Waals surface area contributed by atoms with Gasteiger partial charge in [0, 0.05) is 19.8 Å². The SMILES string of the molecule is CC(C)C[C@@H](NC(O)[C@@H](Cc1ccccc1)NC(=O)[C@H](N)Cc1ccccc1)C(=O)N[C@H](CCCCN)C(=O)NCC1CCOCC1. The van der Waals surface area contributed by atoms with Gasteiger partial charge in [0.2, 0.25) is 17.7 Å². The summed E-state index contributed by atoms with van der Waals surface area (Å²) in [7, 11) is 0. The van der Waals surface area contributed by atoms with Crippen LogP contribution in [0.3, 0.4) is 0 Å². The number of amides is 3. The number of ether oxygens (including phenoxy) is 1. The average molecular weight is 653 g/mol. The fourth-order valence-corrected chi connectivity index (χ4v) is 5.76. The third kappa shape index (κ3) is 14.1. The van der Waals surface area contributed by atoms with E-state index in [2.05, 4.69) is 21.3 Å². The molecule has 47 heavy (non-hydrogen) atoms. The van der Waals surface area contributed by atoms with Crippen LogP contribution in [0.2, 0.25) is 0 Å². The summed E-state index contributed by atoms with van der Waals surface area (Å²) >= 11 is 0. The quantitative estimate of drug-likeness (QED) is 0.0835. The molecule has 5 atom stereocenters. The zero-order chi connectivity index (χ0) is 34.0. The molecule has 1 aliphatic heterocycles. The van der Waals surface area contributed by atoms with Crippen molar-refractivity contribution in [3.63, 3.8) is 0 Å². The molecular formula is C36H56N6O5. The molecule has 1 fully saturated rings. The van der Waals surface area contributed by atoms with Crippen LogP contribution < -0.4 is 32.7 Å². The minimum atomic E-state index is -1.28. The Hall–Kier alpha value is -3.35. The Morgan fingerprint density at radius 1 is 0.851 bits per heavy atom. The Kier molecular flexibility index (Phi) is 16.9. The smallest absolute Gasteiger partial charge is 0.242 e. The molecule has 1 heterocycles. The van der Waals surface area contributed by atoms with E-state index >= 15 is 0 Å². The van der Waals surface area contributed by atoms with Crippen molar-refractivity contribution < 1.29 is 24.2 Å². The molecule has 0 aliphatic carbocycles. The number of rotatable bonds is 20. The maximum Gasteiger partial charge on any atom is 0.242 e. The number of aliphatic hydroxyl groups excluding tert-OH is 1. The van der Waals surface area contributed by atoms with Gasteiger partial charge in [-0.25, -0.2) is 0 Å². The van der Waals surface area contributed by atoms with Crippen molar-refractivity contribution in [1.82, 2.24) is 21.3 Å². The average Bonchev–Trinajstić information content (AvgIpc) is 3.07. The summed E-state index contributed by atoms with van der Waals surface area (Å²) in [6.45, 7) is 6.38. The normalized spacial score (nSPS) is 16.9. The van der Waals surface area contributed by atoms with Crippen LogP contribution in [0, 0.1) is 11.8 Å². The van der Waals surface area contributed by atoms with Gasteiger partial charge in [0.25, 0.3) is 0 Å². The van der Waals surface area contributed by atoms with Crippen LogP contribution in [0.5, 0.6) is 0 Å². The van der Waals surface area contributed by atoms with Gasteiger partial charge in [-0.2, -0.15) is 0 Å². The van der Waals surface area contributed by atoms with E-state index in [0.29, 0.717) is 64.3 Å². The summed E-state index contributed by atoms with van der Waals surface area (Å²) in [6.07, 6.45) is 3.43. The van der Waals surface area contributed by atoms with Gasteiger partial charge in [0.15, 0.2) is 0 Å². The monoisotopic (exact) mass is 652 g/mol. The maximum atomic E-state index is 13.8. The van der Waals surface area contributed by atoms with Crippen LogP contribution in [-0.4, -0.2) is 79.5 Å². The molecule has 260 valence electrons. The van der Waals surface area contributed by atoms with E-state index in [9.17, 15) is 19.5 Å². The molecule has 0 saturated carbocycles. The van der Waals surface area contributed by atoms with Gasteiger partial charge in [-0.15, -0.1) is 0 Å². The predicted octanol–water partition coefficient (Wildman–Crippen LogP) is 1.76. The molecule has 0 aromatic heterocycles. The number of nitrogens with one attached hydrogen (secondary N) is 4. The molecule has 1 saturated heterocycles. The van der Waals surface area contributed by atoms with Crippen LogP contribution in [-0.2, 0) is 32.0 Å². The van der Waals surface area contributed by atoms with E-state index < -0.39 is 36.3 Å². The molecule has 1 unspecified atom stereocenters. The number of unbranched alkanes of at least 4 members (excludes halogenated alkanes) is 1. The first-order valence-electron chi connectivity index (χ1n) is 17.1. The van der Waals surface area contributed by atoms with Crippen molar-refractivity contribution >= 4 is 17.7 Å². The molecule has 2 aromatic carbocycles. The molecule has 11 heteroatoms. The highest BCUT2D eigenvalue weighted by atomic mass is 16.5. The second-order valence-electron chi connectivity index (χ2n) is 13.0. The van der Waals surface area contributed by atoms with E-state index in [-0.39, 0.29) is 17.7 Å². The number of hydrogen-bond acceptors (Lipinski definition) is 8. The number of aliphatic hydroxyl groups is 1. The maximum absolute atomic E-state index is 13.8. The van der Waals surface area contributed by atoms with Crippen LogP contribution in [0.1, 0.15) is 63.5 Å². The van der Waals surface area contributed by atoms with Crippen molar-refractivity contribution in [2.24, 2.45) is 23.3 Å². The van der Waals surface area contributed by atoms with Crippen molar-refractivity contribution in [3.8, 4) is 0 Å². The predicted molar refractivity (Wildman–Crippen MR) is 184 cm³/mol. The molecule has 3 rings (SSSR count). The Balaban J connectivity index is 1.71. The molecule has 2 aromatic rings. The lowest BCUT2D eigenvalue weighted by Gasteiger charge is -2.31. The fourth-order valence-electron chi connectivity index (χ4n) is 5.76. The lowest BCUT2D eigenvalue weighted by atomic mass is 9.99. The number of carbonyl (C=O) groups excluding carboxylic acids is 3. The summed E-state index contributed by atoms with van der Waals surface area (Å²) in [5.74, 6) is -0.572. The van der Waals surface area contributed by atoms with Gasteiger partial charge < -0.3 is 37.3 Å². The van der Waals surface area contributed by atoms with E-state index in [1.54, 1.807) is 0 Å². The van der Waals surface area contributed by atoms with E-state index in [1.807, 2.05) is 74.5 Å². The minimum absolute atomic E-state index is 0.102. The highest BCUT2D eigenvalue weighted by Gasteiger charge is 2.31. The molecule has 0 spiro atoms. The Morgan fingerprint density at radius 2 is 1.47 bits per heavy atom. The molecule has 0 bridgehead atoms. The second-order valence-corrected chi connectivity index (χ2v) is 13.0. The van der Waals surface area contributed by atoms with Gasteiger partial charge in [-0.1, -0.05) is 74.5 Å². The number of hydrogen-bond donors (Lipinski definition) is 7. The van der Waals surface area contributed by atoms with Crippen molar-refractivity contribution in [2.45, 2.75) is 95.6 Å². The highest BCUT2D eigenvalue weighted by Crippen LogP contribution is 2.15. The molecule has 3 amide bonds. The zero-order valence-electron chi connectivity index (χ0n) is 28.0. The summed E-state index contributed by atoms with van der Waals surface area (Å²) < 4.78 is 5.43. The molecular weight excluding hydrogens is 596 g/mol. The van der Waals surface area contributed by atoms with Crippen LogP contribution in [0.15, 0.2) is 60.7 Å². The third-order valence-corrected chi connectivity index (χ3v) is 8.52. The highest BCUT2D eigenvalue weighted by molar-refractivity contribution is 5.89. The standard InChI is InChI=1S/C36H56N6O5/c1-25(2)21-31(35(45)40-30(15-9-10-18-37)34(44)39-24-28-16-19-47-20-17-28)42-36(46)32(23-27-13-7-4-8-14-27)41-33(43)29(38)22-26-11-5-3-6-12-26/h3-8,11-14,25,28-32,36,42,46H,9-10,15-24,37-38H2,1-2H3,(H,39,44)(H,40,45)(H,41,43)/t29-,30-,31-,32-,36?/m1/s1. The first kappa shape index (κ1) is 38.1. The Morgan fingerprint density at radius 3 is 2.06 bits per heavy atom. The zero-order valence-corrected chi connectivity index (χ0v) is 28.0. The Labute approximate surface area is 280 Å². The first-order valence-corrected chi connectivity index (χ1v) is 17.1. The van der Waals surface area contributed by atoms with Crippen LogP contribution in [0.25, 0.3) is 0 Å². The van der Waals surface area contributed by atoms with Gasteiger partial charge in [-0.3, -0.25) is 19.7 Å². The summed E-state index contributed by atoms with van der Waals surface area (Å²) in [5, 5.41) is 23.5. The van der Waals surface area contributed by atoms with Gasteiger partial charge >= 0.3 is 0 Å². The van der Waals surface area contributed by atoms with E-state index in [1.165, 1.54) is 0 Å². The van der Waals surface area contributed by atoms with Gasteiger partial charge in [0.1, 0.15) is 12.3 Å². The van der Waals surface area contributed by atoms with Crippen LogP contribution >= 0.6 is 0 Å². The van der Waals surface area contributed by atoms with Crippen molar-refractivity contribution in [1.29, 1.82) is 0 Å². The molecule has 9 N–H and O–H groups in total. The lowest BCUT2D eigenvalue weighted by molar-refractivity contribution is -0.131. The molecule has 11 nitrogen and oxygen atoms in total. The topological polar surface area (TPSA) is 181 Å². The first-order chi connectivity index (χ1) is 22.7. The Bertz CT molecular complexity index is 1190. The summed E-state index contributed by atoms with van der Waals surface area (Å²) in [6, 6.07) is 15.9. The minimum Gasteiger partial charge on any atom is -0.381 e. The summed E-state index contributed by atoms with van der Waals surface area (Å²) in [5.41, 5.74) is 13.8. The third-order valence-electron chi connectivity index (χ3n) is 8.52. The van der Waals surface area contributed by atoms with Crippen LogP contribution in [0.4, 0.5) is 0 Å². The van der Waals surface area contributed by atoms with Crippen molar-refractivity contribution in [2.75, 3.05) is 26.3 Å². The molecule has 1 aliphatic rings. The largest absolute Gasteiger partial charge is 0.381 e. The fraction of sp³-hybridized carbons (Fsp3) is 0.583. The van der Waals surface area contributed by atoms with Crippen molar-refractivity contribution in [3.05, 3.63) is 71.8 Å². The summed E-state index contributed by atoms with van der Waals surface area (Å²) in [4.78, 5) is 40.3. The molecule has 0 radical (unpaired) electrons. The van der Waals surface area contributed by atoms with Gasteiger partial charge in [-0.05, 0) is 80.9 Å². The van der Waals surface area contributed by atoms with E-state index in [4.69, 9.17) is 16.2 Å². The second kappa shape index (κ2) is 20.8. The number of nitrogens with two attached hydrogens (primary N) is 2. The van der Waals surface area contributed by atoms with E-state index in [0.717, 1.165) is 30.4 Å². The number of carbonyl (C=O) groups is 3. The lowest BCUT2D eigenvalue weighted by Crippen LogP contribution is -2.60. The number of benzene rings is 2.